The van der Waals surface area contributed by atoms with Gasteiger partial charge in [0, 0.05) is 0 Å². The van der Waals surface area contributed by atoms with E-state index in [2.05, 4.69) is 0 Å². The molecule has 10 heteroatoms. The van der Waals surface area contributed by atoms with E-state index < -0.39 is 24.7 Å². The first-order chi connectivity index (χ1) is 13.6. The second kappa shape index (κ2) is 8.77. The molecule has 0 saturated carbocycles. The lowest BCUT2D eigenvalue weighted by Gasteiger charge is -2.27. The van der Waals surface area contributed by atoms with Crippen molar-refractivity contribution in [2.75, 3.05) is 20.3 Å². The van der Waals surface area contributed by atoms with E-state index in [9.17, 15) is 23.2 Å². The smallest absolute Gasteiger partial charge is 0.422 e. The van der Waals surface area contributed by atoms with Crippen molar-refractivity contribution in [1.82, 2.24) is 0 Å². The van der Waals surface area contributed by atoms with Crippen LogP contribution in [0.15, 0.2) is 41.0 Å². The number of methoxy groups -OCH3 is 1. The van der Waals surface area contributed by atoms with Gasteiger partial charge in [0.1, 0.15) is 17.4 Å². The van der Waals surface area contributed by atoms with E-state index in [-0.39, 0.29) is 40.9 Å². The van der Waals surface area contributed by atoms with Crippen molar-refractivity contribution < 1.29 is 36.9 Å². The quantitative estimate of drug-likeness (QED) is 0.715. The molecule has 0 aromatic heterocycles. The molecule has 2 rings (SSSR count). The Kier molecular flexibility index (Phi) is 6.64. The van der Waals surface area contributed by atoms with Gasteiger partial charge in [0.05, 0.1) is 25.2 Å². The van der Waals surface area contributed by atoms with E-state index in [0.717, 1.165) is 0 Å². The summed E-state index contributed by atoms with van der Waals surface area (Å²) < 4.78 is 57.6. The van der Waals surface area contributed by atoms with Gasteiger partial charge in [-0.1, -0.05) is 6.07 Å². The number of esters is 1. The number of alkyl halides is 3. The Hall–Kier alpha value is -3.35. The first kappa shape index (κ1) is 21.9. The number of benzene rings is 1. The molecule has 1 aromatic rings. The molecule has 1 atom stereocenters. The van der Waals surface area contributed by atoms with Crippen LogP contribution in [0, 0.1) is 11.3 Å². The number of nitrogens with two attached hydrogens (primary N) is 1. The van der Waals surface area contributed by atoms with Crippen molar-refractivity contribution in [2.24, 2.45) is 5.73 Å². The fourth-order valence-electron chi connectivity index (χ4n) is 2.83. The van der Waals surface area contributed by atoms with Crippen molar-refractivity contribution in [3.8, 4) is 17.6 Å². The summed E-state index contributed by atoms with van der Waals surface area (Å²) in [7, 11) is 1.26. The van der Waals surface area contributed by atoms with Gasteiger partial charge in [-0.15, -0.1) is 0 Å². The van der Waals surface area contributed by atoms with Gasteiger partial charge < -0.3 is 24.7 Å². The molecular formula is C19H19F3N2O5. The predicted octanol–water partition coefficient (Wildman–Crippen LogP) is 3.28. The van der Waals surface area contributed by atoms with Crippen LogP contribution < -0.4 is 15.2 Å². The highest BCUT2D eigenvalue weighted by Gasteiger charge is 2.37. The van der Waals surface area contributed by atoms with Gasteiger partial charge in [-0.25, -0.2) is 4.79 Å². The number of halogens is 3. The molecule has 0 spiro atoms. The number of hydrogen-bond donors (Lipinski definition) is 1. The number of ether oxygens (including phenoxy) is 4. The van der Waals surface area contributed by atoms with Gasteiger partial charge in [0.2, 0.25) is 5.88 Å². The van der Waals surface area contributed by atoms with Gasteiger partial charge in [-0.05, 0) is 31.5 Å². The molecule has 2 N–H and O–H groups in total. The van der Waals surface area contributed by atoms with Crippen LogP contribution in [-0.2, 0) is 14.3 Å². The predicted molar refractivity (Wildman–Crippen MR) is 94.5 cm³/mol. The van der Waals surface area contributed by atoms with Crippen LogP contribution >= 0.6 is 0 Å². The fourth-order valence-corrected chi connectivity index (χ4v) is 2.83. The molecule has 7 nitrogen and oxygen atoms in total. The summed E-state index contributed by atoms with van der Waals surface area (Å²) in [4.78, 5) is 12.5. The maximum absolute atomic E-state index is 12.5. The van der Waals surface area contributed by atoms with E-state index in [0.29, 0.717) is 5.56 Å². The summed E-state index contributed by atoms with van der Waals surface area (Å²) in [5.74, 6) is -1.82. The Morgan fingerprint density at radius 3 is 2.59 bits per heavy atom. The van der Waals surface area contributed by atoms with Crippen molar-refractivity contribution in [1.29, 1.82) is 5.26 Å². The summed E-state index contributed by atoms with van der Waals surface area (Å²) in [5, 5.41) is 9.54. The highest BCUT2D eigenvalue weighted by atomic mass is 19.4. The summed E-state index contributed by atoms with van der Waals surface area (Å²) in [6, 6.07) is 5.97. The molecule has 0 radical (unpaired) electrons. The van der Waals surface area contributed by atoms with Crippen LogP contribution in [0.3, 0.4) is 0 Å². The summed E-state index contributed by atoms with van der Waals surface area (Å²) >= 11 is 0. The SMILES string of the molecule is CCOC(=O)C1=C(C)OC(N)=C(C#N)C1c1ccc(OCC(F)(F)F)c(OC)c1. The van der Waals surface area contributed by atoms with E-state index in [1.165, 1.54) is 32.2 Å². The van der Waals surface area contributed by atoms with Gasteiger partial charge in [0.25, 0.3) is 0 Å². The molecule has 1 aliphatic heterocycles. The number of rotatable bonds is 6. The maximum Gasteiger partial charge on any atom is 0.422 e. The van der Waals surface area contributed by atoms with E-state index >= 15 is 0 Å². The summed E-state index contributed by atoms with van der Waals surface area (Å²) in [6.07, 6.45) is -4.52. The van der Waals surface area contributed by atoms with Crippen LogP contribution in [0.4, 0.5) is 13.2 Å². The van der Waals surface area contributed by atoms with Gasteiger partial charge in [0.15, 0.2) is 18.1 Å². The average molecular weight is 412 g/mol. The Morgan fingerprint density at radius 1 is 1.34 bits per heavy atom. The number of carbonyl (C=O) groups excluding carboxylic acids is 1. The first-order valence-electron chi connectivity index (χ1n) is 8.45. The van der Waals surface area contributed by atoms with Crippen molar-refractivity contribution >= 4 is 5.97 Å². The van der Waals surface area contributed by atoms with Crippen LogP contribution in [0.2, 0.25) is 0 Å². The fraction of sp³-hybridized carbons (Fsp3) is 0.368. The molecule has 0 fully saturated rings. The Balaban J connectivity index is 2.53. The monoisotopic (exact) mass is 412 g/mol. The highest BCUT2D eigenvalue weighted by molar-refractivity contribution is 5.92. The van der Waals surface area contributed by atoms with Crippen LogP contribution in [0.25, 0.3) is 0 Å². The maximum atomic E-state index is 12.5. The molecule has 0 aliphatic carbocycles. The molecule has 0 saturated heterocycles. The van der Waals surface area contributed by atoms with E-state index in [1.807, 2.05) is 6.07 Å². The number of hydrogen-bond acceptors (Lipinski definition) is 7. The van der Waals surface area contributed by atoms with Gasteiger partial charge in [-0.3, -0.25) is 0 Å². The largest absolute Gasteiger partial charge is 0.493 e. The molecule has 29 heavy (non-hydrogen) atoms. The molecule has 156 valence electrons. The third-order valence-electron chi connectivity index (χ3n) is 4.01. The molecular weight excluding hydrogens is 393 g/mol. The van der Waals surface area contributed by atoms with E-state index in [4.69, 9.17) is 24.7 Å². The second-order valence-corrected chi connectivity index (χ2v) is 5.93. The Labute approximate surface area is 165 Å². The van der Waals surface area contributed by atoms with Gasteiger partial charge >= 0.3 is 12.1 Å². The summed E-state index contributed by atoms with van der Waals surface area (Å²) in [6.45, 7) is 1.72. The molecule has 0 bridgehead atoms. The van der Waals surface area contributed by atoms with Crippen molar-refractivity contribution in [2.45, 2.75) is 25.9 Å². The van der Waals surface area contributed by atoms with E-state index in [1.54, 1.807) is 6.92 Å². The lowest BCUT2D eigenvalue weighted by atomic mass is 9.83. The Morgan fingerprint density at radius 2 is 2.03 bits per heavy atom. The minimum absolute atomic E-state index is 0.00466. The van der Waals surface area contributed by atoms with Crippen LogP contribution in [-0.4, -0.2) is 32.5 Å². The lowest BCUT2D eigenvalue weighted by molar-refractivity contribution is -0.153. The summed E-state index contributed by atoms with van der Waals surface area (Å²) in [5.41, 5.74) is 6.20. The topological polar surface area (TPSA) is 104 Å². The zero-order valence-electron chi connectivity index (χ0n) is 15.9. The molecule has 1 heterocycles. The highest BCUT2D eigenvalue weighted by Crippen LogP contribution is 2.42. The number of allylic oxidation sites excluding steroid dienone is 2. The molecule has 1 unspecified atom stereocenters. The zero-order valence-corrected chi connectivity index (χ0v) is 15.9. The minimum atomic E-state index is -4.52. The standard InChI is InChI=1S/C19H19F3N2O5/c1-4-27-18(25)15-10(2)29-17(24)12(8-23)16(15)11-5-6-13(14(7-11)26-3)28-9-19(20,21)22/h5-7,16H,4,9,24H2,1-3H3. The van der Waals surface area contributed by atoms with Crippen LogP contribution in [0.1, 0.15) is 25.3 Å². The average Bonchev–Trinajstić information content (AvgIpc) is 2.65. The number of nitrogens with zero attached hydrogens (tertiary/aromatic N) is 1. The third-order valence-corrected chi connectivity index (χ3v) is 4.01. The lowest BCUT2D eigenvalue weighted by Crippen LogP contribution is -2.25. The third kappa shape index (κ3) is 4.93. The van der Waals surface area contributed by atoms with Gasteiger partial charge in [-0.2, -0.15) is 18.4 Å². The Bertz CT molecular complexity index is 900. The minimum Gasteiger partial charge on any atom is -0.493 e. The number of carbonyl (C=O) groups is 1. The normalized spacial score (nSPS) is 16.8. The molecule has 0 amide bonds. The van der Waals surface area contributed by atoms with Crippen LogP contribution in [0.5, 0.6) is 11.5 Å². The molecule has 1 aromatic carbocycles. The zero-order chi connectivity index (χ0) is 21.8. The van der Waals surface area contributed by atoms with Crippen molar-refractivity contribution in [3.63, 3.8) is 0 Å². The second-order valence-electron chi connectivity index (χ2n) is 5.93. The van der Waals surface area contributed by atoms with Crippen molar-refractivity contribution in [3.05, 3.63) is 46.6 Å². The number of nitriles is 1. The molecule has 1 aliphatic rings. The first-order valence-corrected chi connectivity index (χ1v) is 8.45.